The maximum absolute atomic E-state index is 13.0. The van der Waals surface area contributed by atoms with E-state index in [0.29, 0.717) is 48.8 Å². The van der Waals surface area contributed by atoms with Crippen molar-refractivity contribution in [3.05, 3.63) is 33.0 Å². The summed E-state index contributed by atoms with van der Waals surface area (Å²) < 4.78 is 7.72. The molecule has 2 rings (SSSR count). The van der Waals surface area contributed by atoms with E-state index in [1.807, 2.05) is 19.9 Å². The van der Waals surface area contributed by atoms with Gasteiger partial charge in [-0.05, 0) is 38.0 Å². The lowest BCUT2D eigenvalue weighted by molar-refractivity contribution is -0.117. The Morgan fingerprint density at radius 1 is 1.27 bits per heavy atom. The van der Waals surface area contributed by atoms with Crippen LogP contribution in [-0.2, 0) is 16.1 Å². The summed E-state index contributed by atoms with van der Waals surface area (Å²) in [6.45, 7) is 6.02. The predicted molar refractivity (Wildman–Crippen MR) is 122 cm³/mol. The highest BCUT2D eigenvalue weighted by Gasteiger charge is 2.15. The summed E-state index contributed by atoms with van der Waals surface area (Å²) in [5, 5.41) is 5.87. The standard InChI is InChI=1S/C20H27BrN4O4S/c1-3-5-9-22-19(28)24-17(26)13-30-20-23-16-8-7-14(21)12-15(16)18(27)25(20)10-6-11-29-4-2/h7-8,12H,3-6,9-11,13H2,1-2H3,(H2,22,24,26,28). The molecule has 0 aliphatic carbocycles. The van der Waals surface area contributed by atoms with E-state index >= 15 is 0 Å². The highest BCUT2D eigenvalue weighted by atomic mass is 79.9. The third-order valence-electron chi connectivity index (χ3n) is 4.16. The third kappa shape index (κ3) is 7.41. The first-order valence-corrected chi connectivity index (χ1v) is 11.7. The maximum atomic E-state index is 13.0. The molecule has 1 heterocycles. The largest absolute Gasteiger partial charge is 0.382 e. The molecule has 10 heteroatoms. The monoisotopic (exact) mass is 498 g/mol. The summed E-state index contributed by atoms with van der Waals surface area (Å²) in [6, 6.07) is 4.80. The van der Waals surface area contributed by atoms with Crippen LogP contribution in [0.1, 0.15) is 33.1 Å². The van der Waals surface area contributed by atoms with Gasteiger partial charge in [-0.25, -0.2) is 9.78 Å². The SMILES string of the molecule is CCCCNC(=O)NC(=O)CSc1nc2ccc(Br)cc2c(=O)n1CCCOCC. The number of rotatable bonds is 11. The summed E-state index contributed by atoms with van der Waals surface area (Å²) >= 11 is 4.52. The fourth-order valence-electron chi connectivity index (χ4n) is 2.66. The van der Waals surface area contributed by atoms with Crippen LogP contribution in [0.5, 0.6) is 0 Å². The normalized spacial score (nSPS) is 10.9. The molecule has 0 fully saturated rings. The molecule has 8 nitrogen and oxygen atoms in total. The summed E-state index contributed by atoms with van der Waals surface area (Å²) in [7, 11) is 0. The van der Waals surface area contributed by atoms with Crippen LogP contribution in [-0.4, -0.2) is 47.0 Å². The van der Waals surface area contributed by atoms with Gasteiger partial charge in [0.05, 0.1) is 16.7 Å². The second-order valence-corrected chi connectivity index (χ2v) is 8.37. The molecule has 0 aliphatic rings. The number of carbonyl (C=O) groups is 2. The molecule has 30 heavy (non-hydrogen) atoms. The number of benzene rings is 1. The number of thioether (sulfide) groups is 1. The van der Waals surface area contributed by atoms with Crippen LogP contribution in [0.25, 0.3) is 10.9 Å². The number of hydrogen-bond acceptors (Lipinski definition) is 6. The van der Waals surface area contributed by atoms with Gasteiger partial charge < -0.3 is 10.1 Å². The van der Waals surface area contributed by atoms with E-state index in [1.54, 1.807) is 16.7 Å². The molecular weight excluding hydrogens is 472 g/mol. The molecule has 0 spiro atoms. The van der Waals surface area contributed by atoms with Crippen LogP contribution in [0.15, 0.2) is 32.6 Å². The number of halogens is 1. The average Bonchev–Trinajstić information content (AvgIpc) is 2.72. The highest BCUT2D eigenvalue weighted by Crippen LogP contribution is 2.20. The fourth-order valence-corrected chi connectivity index (χ4v) is 3.85. The Kier molecular flexibility index (Phi) is 10.3. The minimum absolute atomic E-state index is 0.0267. The number of carbonyl (C=O) groups excluding carboxylic acids is 2. The Bertz CT molecular complexity index is 935. The number of ether oxygens (including phenoxy) is 1. The van der Waals surface area contributed by atoms with E-state index in [9.17, 15) is 14.4 Å². The number of fused-ring (bicyclic) bond motifs is 1. The van der Waals surface area contributed by atoms with E-state index in [0.717, 1.165) is 29.1 Å². The van der Waals surface area contributed by atoms with Crippen molar-refractivity contribution >= 4 is 50.5 Å². The van der Waals surface area contributed by atoms with Gasteiger partial charge in [-0.1, -0.05) is 41.0 Å². The van der Waals surface area contributed by atoms with Gasteiger partial charge >= 0.3 is 6.03 Å². The number of urea groups is 1. The van der Waals surface area contributed by atoms with Crippen LogP contribution in [0.2, 0.25) is 0 Å². The van der Waals surface area contributed by atoms with Crippen LogP contribution in [0.3, 0.4) is 0 Å². The molecule has 0 radical (unpaired) electrons. The van der Waals surface area contributed by atoms with Crippen LogP contribution < -0.4 is 16.2 Å². The van der Waals surface area contributed by atoms with E-state index in [-0.39, 0.29) is 11.3 Å². The number of unbranched alkanes of at least 4 members (excludes halogenated alkanes) is 1. The smallest absolute Gasteiger partial charge is 0.321 e. The lowest BCUT2D eigenvalue weighted by atomic mass is 10.2. The highest BCUT2D eigenvalue weighted by molar-refractivity contribution is 9.10. The number of amides is 3. The molecule has 0 atom stereocenters. The van der Waals surface area contributed by atoms with E-state index in [4.69, 9.17) is 4.74 Å². The number of nitrogens with one attached hydrogen (secondary N) is 2. The van der Waals surface area contributed by atoms with E-state index in [1.165, 1.54) is 0 Å². The zero-order valence-corrected chi connectivity index (χ0v) is 19.6. The lowest BCUT2D eigenvalue weighted by Gasteiger charge is -2.13. The Morgan fingerprint density at radius 3 is 2.80 bits per heavy atom. The van der Waals surface area contributed by atoms with Gasteiger partial charge in [0.1, 0.15) is 0 Å². The summed E-state index contributed by atoms with van der Waals surface area (Å²) in [6.07, 6.45) is 2.45. The number of aromatic nitrogens is 2. The molecule has 2 aromatic rings. The molecule has 0 aliphatic heterocycles. The quantitative estimate of drug-likeness (QED) is 0.280. The van der Waals surface area contributed by atoms with Crippen molar-refractivity contribution in [2.24, 2.45) is 0 Å². The van der Waals surface area contributed by atoms with Gasteiger partial charge in [0, 0.05) is 30.8 Å². The molecule has 1 aromatic carbocycles. The Hall–Kier alpha value is -1.91. The molecular formula is C20H27BrN4O4S. The van der Waals surface area contributed by atoms with Crippen molar-refractivity contribution in [1.29, 1.82) is 0 Å². The van der Waals surface area contributed by atoms with Crippen molar-refractivity contribution < 1.29 is 14.3 Å². The molecule has 3 amide bonds. The molecule has 0 saturated carbocycles. The summed E-state index contributed by atoms with van der Waals surface area (Å²) in [5.41, 5.74) is 0.391. The van der Waals surface area contributed by atoms with Crippen molar-refractivity contribution in [3.63, 3.8) is 0 Å². The van der Waals surface area contributed by atoms with Gasteiger partial charge in [0.15, 0.2) is 5.16 Å². The number of nitrogens with zero attached hydrogens (tertiary/aromatic N) is 2. The minimum Gasteiger partial charge on any atom is -0.382 e. The third-order valence-corrected chi connectivity index (χ3v) is 5.63. The zero-order chi connectivity index (χ0) is 21.9. The van der Waals surface area contributed by atoms with Gasteiger partial charge in [-0.3, -0.25) is 19.5 Å². The second-order valence-electron chi connectivity index (χ2n) is 6.51. The molecule has 0 bridgehead atoms. The number of imide groups is 1. The molecule has 0 saturated heterocycles. The zero-order valence-electron chi connectivity index (χ0n) is 17.2. The van der Waals surface area contributed by atoms with E-state index < -0.39 is 11.9 Å². The maximum Gasteiger partial charge on any atom is 0.321 e. The van der Waals surface area contributed by atoms with Gasteiger partial charge in [0.2, 0.25) is 5.91 Å². The van der Waals surface area contributed by atoms with Crippen molar-refractivity contribution in [3.8, 4) is 0 Å². The first-order valence-electron chi connectivity index (χ1n) is 9.94. The molecule has 2 N–H and O–H groups in total. The van der Waals surface area contributed by atoms with Crippen LogP contribution in [0.4, 0.5) is 4.79 Å². The molecule has 164 valence electrons. The predicted octanol–water partition coefficient (Wildman–Crippen LogP) is 3.30. The van der Waals surface area contributed by atoms with Crippen LogP contribution >= 0.6 is 27.7 Å². The fraction of sp³-hybridized carbons (Fsp3) is 0.500. The van der Waals surface area contributed by atoms with Crippen molar-refractivity contribution in [2.45, 2.75) is 44.8 Å². The summed E-state index contributed by atoms with van der Waals surface area (Å²) in [4.78, 5) is 41.4. The van der Waals surface area contributed by atoms with Gasteiger partial charge in [-0.15, -0.1) is 0 Å². The topological polar surface area (TPSA) is 102 Å². The Labute approximate surface area is 188 Å². The first kappa shape index (κ1) is 24.4. The first-order chi connectivity index (χ1) is 14.5. The Balaban J connectivity index is 2.13. The second kappa shape index (κ2) is 12.7. The summed E-state index contributed by atoms with van der Waals surface area (Å²) in [5.74, 6) is -0.471. The van der Waals surface area contributed by atoms with E-state index in [2.05, 4.69) is 31.5 Å². The average molecular weight is 499 g/mol. The van der Waals surface area contributed by atoms with Gasteiger partial charge in [-0.2, -0.15) is 0 Å². The van der Waals surface area contributed by atoms with Gasteiger partial charge in [0.25, 0.3) is 5.56 Å². The Morgan fingerprint density at radius 2 is 2.07 bits per heavy atom. The molecule has 1 aromatic heterocycles. The lowest BCUT2D eigenvalue weighted by Crippen LogP contribution is -2.40. The molecule has 0 unspecified atom stereocenters. The van der Waals surface area contributed by atoms with Crippen LogP contribution in [0, 0.1) is 0 Å². The van der Waals surface area contributed by atoms with Crippen molar-refractivity contribution in [2.75, 3.05) is 25.5 Å². The van der Waals surface area contributed by atoms with Crippen molar-refractivity contribution in [1.82, 2.24) is 20.2 Å². The number of hydrogen-bond donors (Lipinski definition) is 2. The minimum atomic E-state index is -0.514.